The molecule has 1 spiro atoms. The van der Waals surface area contributed by atoms with Crippen molar-refractivity contribution in [1.29, 1.82) is 0 Å². The van der Waals surface area contributed by atoms with Crippen LogP contribution in [0.4, 0.5) is 4.79 Å². The van der Waals surface area contributed by atoms with E-state index < -0.39 is 58.7 Å². The van der Waals surface area contributed by atoms with Crippen LogP contribution in [0.15, 0.2) is 17.3 Å². The molecule has 1 aromatic rings. The molecule has 1 saturated heterocycles. The van der Waals surface area contributed by atoms with E-state index in [1.807, 2.05) is 46.8 Å². The second-order valence-electron chi connectivity index (χ2n) is 15.0. The summed E-state index contributed by atoms with van der Waals surface area (Å²) in [5.74, 6) is -2.11. The van der Waals surface area contributed by atoms with E-state index in [0.29, 0.717) is 18.6 Å². The molecule has 4 amide bonds. The minimum atomic E-state index is -1.13. The van der Waals surface area contributed by atoms with E-state index in [4.69, 9.17) is 20.0 Å². The number of nitrogens with two attached hydrogens (primary N) is 1. The Bertz CT molecular complexity index is 1470. The van der Waals surface area contributed by atoms with Crippen molar-refractivity contribution in [3.05, 3.63) is 28.8 Å². The molecule has 4 N–H and O–H groups in total. The highest BCUT2D eigenvalue weighted by Gasteiger charge is 2.56. The fourth-order valence-corrected chi connectivity index (χ4v) is 7.20. The number of hydrogen-bond acceptors (Lipinski definition) is 9. The summed E-state index contributed by atoms with van der Waals surface area (Å²) in [7, 11) is 1.62. The number of methoxy groups -OCH3 is 1. The SMILES string of the molecule is COc1c(C)cc(C2=NO[C@]3(C2)C[C@@H](C(=O)NC(CC2CC2)C(=O)C(N)=O)N(C(=O)[C@@H](NC(=O)OC2CCCC2)C(C)(C)C)C3)cc1C. The molecule has 262 valence electrons. The van der Waals surface area contributed by atoms with Crippen molar-refractivity contribution in [2.45, 2.75) is 122 Å². The van der Waals surface area contributed by atoms with Gasteiger partial charge in [-0.1, -0.05) is 38.8 Å². The molecule has 13 nitrogen and oxygen atoms in total. The van der Waals surface area contributed by atoms with Gasteiger partial charge in [0, 0.05) is 18.4 Å². The molecule has 13 heteroatoms. The summed E-state index contributed by atoms with van der Waals surface area (Å²) in [6, 6.07) is 0.701. The first-order chi connectivity index (χ1) is 22.6. The number of likely N-dealkylation sites (tertiary alicyclic amines) is 1. The van der Waals surface area contributed by atoms with Crippen molar-refractivity contribution in [2.24, 2.45) is 22.2 Å². The molecule has 48 heavy (non-hydrogen) atoms. The molecule has 1 aromatic carbocycles. The molecule has 2 aliphatic carbocycles. The van der Waals surface area contributed by atoms with Crippen LogP contribution in [0, 0.1) is 25.2 Å². The number of primary amides is 1. The first-order valence-electron chi connectivity index (χ1n) is 16.9. The average Bonchev–Trinajstić information content (AvgIpc) is 3.37. The number of amides is 4. The molecule has 1 unspecified atom stereocenters. The Morgan fingerprint density at radius 1 is 1.06 bits per heavy atom. The first-order valence-corrected chi connectivity index (χ1v) is 16.9. The predicted octanol–water partition coefficient (Wildman–Crippen LogP) is 3.20. The first kappa shape index (κ1) is 35.2. The van der Waals surface area contributed by atoms with Gasteiger partial charge in [-0.2, -0.15) is 0 Å². The second-order valence-corrected chi connectivity index (χ2v) is 15.0. The molecule has 2 aliphatic heterocycles. The van der Waals surface area contributed by atoms with Crippen LogP contribution in [0.25, 0.3) is 0 Å². The third-order valence-electron chi connectivity index (χ3n) is 9.92. The number of ether oxygens (including phenoxy) is 2. The van der Waals surface area contributed by atoms with Crippen LogP contribution >= 0.6 is 0 Å². The van der Waals surface area contributed by atoms with Crippen LogP contribution in [0.2, 0.25) is 0 Å². The lowest BCUT2D eigenvalue weighted by Crippen LogP contribution is -2.59. The Labute approximate surface area is 281 Å². The van der Waals surface area contributed by atoms with E-state index in [-0.39, 0.29) is 25.0 Å². The average molecular weight is 668 g/mol. The van der Waals surface area contributed by atoms with Crippen molar-refractivity contribution in [2.75, 3.05) is 13.7 Å². The van der Waals surface area contributed by atoms with Gasteiger partial charge in [-0.15, -0.1) is 0 Å². The molecule has 2 saturated carbocycles. The van der Waals surface area contributed by atoms with Gasteiger partial charge in [0.05, 0.1) is 25.4 Å². The van der Waals surface area contributed by atoms with Gasteiger partial charge in [0.25, 0.3) is 5.91 Å². The van der Waals surface area contributed by atoms with E-state index in [0.717, 1.165) is 61.0 Å². The van der Waals surface area contributed by atoms with E-state index in [2.05, 4.69) is 15.8 Å². The van der Waals surface area contributed by atoms with Gasteiger partial charge in [0.15, 0.2) is 5.60 Å². The minimum absolute atomic E-state index is 0.00797. The van der Waals surface area contributed by atoms with Gasteiger partial charge in [-0.3, -0.25) is 19.2 Å². The smallest absolute Gasteiger partial charge is 0.408 e. The van der Waals surface area contributed by atoms with E-state index in [9.17, 15) is 24.0 Å². The number of nitrogens with zero attached hydrogens (tertiary/aromatic N) is 2. The number of Topliss-reactive ketones (excluding diaryl/α,β-unsaturated/α-hetero) is 1. The number of carbonyl (C=O) groups excluding carboxylic acids is 5. The summed E-state index contributed by atoms with van der Waals surface area (Å²) in [5, 5.41) is 9.95. The lowest BCUT2D eigenvalue weighted by Gasteiger charge is -2.35. The molecular formula is C35H49N5O8. The van der Waals surface area contributed by atoms with E-state index >= 15 is 0 Å². The van der Waals surface area contributed by atoms with Gasteiger partial charge in [-0.05, 0) is 80.5 Å². The Morgan fingerprint density at radius 2 is 1.71 bits per heavy atom. The summed E-state index contributed by atoms with van der Waals surface area (Å²) >= 11 is 0. The fourth-order valence-electron chi connectivity index (χ4n) is 7.20. The highest BCUT2D eigenvalue weighted by atomic mass is 16.7. The number of ketones is 1. The van der Waals surface area contributed by atoms with Crippen LogP contribution in [0.1, 0.15) is 95.2 Å². The monoisotopic (exact) mass is 667 g/mol. The molecule has 4 atom stereocenters. The molecule has 0 aromatic heterocycles. The maximum absolute atomic E-state index is 14.5. The zero-order valence-electron chi connectivity index (χ0n) is 28.9. The lowest BCUT2D eigenvalue weighted by atomic mass is 9.85. The van der Waals surface area contributed by atoms with Crippen molar-refractivity contribution in [1.82, 2.24) is 15.5 Å². The highest BCUT2D eigenvalue weighted by Crippen LogP contribution is 2.41. The van der Waals surface area contributed by atoms with Gasteiger partial charge in [-0.25, -0.2) is 4.79 Å². The number of rotatable bonds is 11. The number of aryl methyl sites for hydroxylation is 2. The molecule has 5 rings (SSSR count). The van der Waals surface area contributed by atoms with Crippen LogP contribution in [-0.4, -0.2) is 83.7 Å². The van der Waals surface area contributed by atoms with Crippen molar-refractivity contribution < 1.29 is 38.3 Å². The molecular weight excluding hydrogens is 618 g/mol. The maximum Gasteiger partial charge on any atom is 0.408 e. The van der Waals surface area contributed by atoms with E-state index in [1.165, 1.54) is 4.90 Å². The Hall–Kier alpha value is -4.16. The molecule has 2 heterocycles. The Balaban J connectivity index is 1.42. The largest absolute Gasteiger partial charge is 0.496 e. The van der Waals surface area contributed by atoms with Crippen LogP contribution in [-0.2, 0) is 28.8 Å². The third-order valence-corrected chi connectivity index (χ3v) is 9.92. The van der Waals surface area contributed by atoms with Crippen molar-refractivity contribution in [3.8, 4) is 5.75 Å². The van der Waals surface area contributed by atoms with Gasteiger partial charge in [0.1, 0.15) is 23.9 Å². The van der Waals surface area contributed by atoms with Gasteiger partial charge in [0.2, 0.25) is 17.6 Å². The van der Waals surface area contributed by atoms with Gasteiger partial charge >= 0.3 is 6.09 Å². The fraction of sp³-hybridized carbons (Fsp3) is 0.657. The molecule has 0 bridgehead atoms. The lowest BCUT2D eigenvalue weighted by molar-refractivity contribution is -0.143. The summed E-state index contributed by atoms with van der Waals surface area (Å²) in [6.07, 6.45) is 5.09. The zero-order valence-corrected chi connectivity index (χ0v) is 28.9. The van der Waals surface area contributed by atoms with E-state index in [1.54, 1.807) is 7.11 Å². The number of carbonyl (C=O) groups is 5. The predicted molar refractivity (Wildman–Crippen MR) is 176 cm³/mol. The quantitative estimate of drug-likeness (QED) is 0.301. The number of oxime groups is 1. The normalized spacial score (nSPS) is 23.7. The third kappa shape index (κ3) is 7.76. The van der Waals surface area contributed by atoms with Crippen molar-refractivity contribution >= 4 is 35.3 Å². The summed E-state index contributed by atoms with van der Waals surface area (Å²) in [4.78, 5) is 73.7. The molecule has 3 fully saturated rings. The van der Waals surface area contributed by atoms with Gasteiger partial charge < -0.3 is 35.6 Å². The molecule has 0 radical (unpaired) electrons. The topological polar surface area (TPSA) is 179 Å². The molecule has 4 aliphatic rings. The summed E-state index contributed by atoms with van der Waals surface area (Å²) in [5.41, 5.74) is 6.91. The van der Waals surface area contributed by atoms with Crippen molar-refractivity contribution in [3.63, 3.8) is 0 Å². The van der Waals surface area contributed by atoms with Crippen LogP contribution < -0.4 is 21.1 Å². The minimum Gasteiger partial charge on any atom is -0.496 e. The highest BCUT2D eigenvalue weighted by molar-refractivity contribution is 6.37. The summed E-state index contributed by atoms with van der Waals surface area (Å²) in [6.45, 7) is 9.37. The standard InChI is InChI=1S/C35H49N5O8/c1-19-13-22(14-20(2)28(19)46-6)25-16-35(48-39-25)17-26(31(43)37-24(15-21-11-12-21)27(41)30(36)42)40(18-35)32(44)29(34(3,4)5)38-33(45)47-23-9-7-8-10-23/h13-14,21,23-24,26,29H,7-12,15-18H2,1-6H3,(H2,36,42)(H,37,43)(H,38,45)/t24?,26-,29+,35+/m0/s1. The second kappa shape index (κ2) is 13.8. The zero-order chi connectivity index (χ0) is 35.0. The van der Waals surface area contributed by atoms with Crippen LogP contribution in [0.5, 0.6) is 5.75 Å². The Kier molecular flexibility index (Phi) is 10.1. The number of alkyl carbamates (subject to hydrolysis) is 1. The number of hydrogen-bond donors (Lipinski definition) is 3. The number of nitrogens with one attached hydrogen (secondary N) is 2. The Morgan fingerprint density at radius 3 is 2.27 bits per heavy atom. The number of benzene rings is 1. The summed E-state index contributed by atoms with van der Waals surface area (Å²) < 4.78 is 11.1. The maximum atomic E-state index is 14.5. The van der Waals surface area contributed by atoms with Crippen LogP contribution in [0.3, 0.4) is 0 Å².